The molecule has 0 radical (unpaired) electrons. The molecular weight excluding hydrogens is 620 g/mol. The molecular formula is C44H72N2O4. The Balaban J connectivity index is 1.40. The third-order valence-corrected chi connectivity index (χ3v) is 10.1. The highest BCUT2D eigenvalue weighted by Gasteiger charge is 2.16. The zero-order valence-corrected chi connectivity index (χ0v) is 32.0. The summed E-state index contributed by atoms with van der Waals surface area (Å²) in [5, 5.41) is 4.19. The van der Waals surface area contributed by atoms with Gasteiger partial charge in [-0.25, -0.2) is 9.59 Å². The quantitative estimate of drug-likeness (QED) is 0.0769. The molecule has 0 aliphatic carbocycles. The number of unbranched alkanes of at least 4 members (excludes halogenated alkanes) is 23. The van der Waals surface area contributed by atoms with Crippen molar-refractivity contribution in [1.29, 1.82) is 0 Å². The number of nitrogens with two attached hydrogens (primary N) is 1. The van der Waals surface area contributed by atoms with Gasteiger partial charge in [-0.2, -0.15) is 0 Å². The Morgan fingerprint density at radius 3 is 1.60 bits per heavy atom. The second-order valence-electron chi connectivity index (χ2n) is 14.4. The lowest BCUT2D eigenvalue weighted by Gasteiger charge is -2.13. The van der Waals surface area contributed by atoms with Crippen LogP contribution in [0.4, 0.5) is 9.59 Å². The number of carbonyl (C=O) groups is 2. The molecule has 2 aromatic rings. The van der Waals surface area contributed by atoms with Crippen molar-refractivity contribution < 1.29 is 19.1 Å². The minimum atomic E-state index is -0.966. The third-order valence-electron chi connectivity index (χ3n) is 10.1. The lowest BCUT2D eigenvalue weighted by atomic mass is 9.94. The smallest absolute Gasteiger partial charge is 0.406 e. The Labute approximate surface area is 305 Å². The SMILES string of the molecule is CCCCCCCCCCCCCCCCCCCCCCCCCCC(CC)C/C=C\NC(=O)Oc1c(OC(N)=O)ccc2ccccc12. The van der Waals surface area contributed by atoms with Crippen LogP contribution in [0.15, 0.2) is 48.7 Å². The zero-order valence-electron chi connectivity index (χ0n) is 32.0. The molecule has 3 N–H and O–H groups in total. The van der Waals surface area contributed by atoms with Crippen LogP contribution in [0.5, 0.6) is 11.5 Å². The second-order valence-corrected chi connectivity index (χ2v) is 14.4. The van der Waals surface area contributed by atoms with Gasteiger partial charge in [0.25, 0.3) is 0 Å². The predicted molar refractivity (Wildman–Crippen MR) is 212 cm³/mol. The molecule has 2 amide bonds. The van der Waals surface area contributed by atoms with Gasteiger partial charge >= 0.3 is 12.2 Å². The van der Waals surface area contributed by atoms with E-state index < -0.39 is 12.2 Å². The maximum absolute atomic E-state index is 12.5. The first-order chi connectivity index (χ1) is 24.5. The van der Waals surface area contributed by atoms with E-state index in [1.165, 1.54) is 161 Å². The molecule has 0 aromatic heterocycles. The molecule has 0 heterocycles. The summed E-state index contributed by atoms with van der Waals surface area (Å²) in [5.74, 6) is 0.874. The largest absolute Gasteiger partial charge is 0.416 e. The molecule has 282 valence electrons. The molecule has 0 saturated heterocycles. The number of nitrogens with one attached hydrogen (secondary N) is 1. The first-order valence-corrected chi connectivity index (χ1v) is 20.7. The summed E-state index contributed by atoms with van der Waals surface area (Å²) in [6.45, 7) is 4.53. The average molecular weight is 693 g/mol. The molecule has 0 fully saturated rings. The van der Waals surface area contributed by atoms with Gasteiger partial charge < -0.3 is 15.2 Å². The summed E-state index contributed by atoms with van der Waals surface area (Å²) in [5.41, 5.74) is 5.20. The van der Waals surface area contributed by atoms with Gasteiger partial charge in [-0.05, 0) is 23.8 Å². The first kappa shape index (κ1) is 43.1. The van der Waals surface area contributed by atoms with Crippen LogP contribution in [0, 0.1) is 5.92 Å². The maximum Gasteiger partial charge on any atom is 0.416 e. The van der Waals surface area contributed by atoms with Gasteiger partial charge in [0.05, 0.1) is 0 Å². The first-order valence-electron chi connectivity index (χ1n) is 20.7. The highest BCUT2D eigenvalue weighted by molar-refractivity contribution is 5.93. The van der Waals surface area contributed by atoms with Gasteiger partial charge in [0.1, 0.15) is 0 Å². The van der Waals surface area contributed by atoms with Crippen LogP contribution < -0.4 is 20.5 Å². The van der Waals surface area contributed by atoms with E-state index in [2.05, 4.69) is 19.2 Å². The minimum absolute atomic E-state index is 0.104. The number of benzene rings is 2. The molecule has 0 saturated carbocycles. The standard InChI is InChI=1S/C44H72N2O4/c1-3-5-6-7-8-9-10-11-12-13-14-15-16-17-18-19-20-21-22-23-24-25-26-27-31-38(4-2)32-30-37-46-44(48)50-42-40-34-29-28-33-39(40)35-36-41(42)49-43(45)47/h28-30,33-38H,3-27,31-32H2,1-2H3,(H2,45,47)(H,46,48)/b37-30-. The summed E-state index contributed by atoms with van der Waals surface area (Å²) in [7, 11) is 0. The minimum Gasteiger partial charge on any atom is -0.406 e. The van der Waals surface area contributed by atoms with Crippen molar-refractivity contribution in [2.75, 3.05) is 0 Å². The van der Waals surface area contributed by atoms with Crippen LogP contribution >= 0.6 is 0 Å². The number of allylic oxidation sites excluding steroid dienone is 1. The average Bonchev–Trinajstić information content (AvgIpc) is 3.11. The fourth-order valence-electron chi connectivity index (χ4n) is 6.91. The molecule has 0 aliphatic rings. The second kappa shape index (κ2) is 29.7. The Hall–Kier alpha value is -3.02. The Morgan fingerprint density at radius 2 is 1.12 bits per heavy atom. The molecule has 0 spiro atoms. The fourth-order valence-corrected chi connectivity index (χ4v) is 6.91. The summed E-state index contributed by atoms with van der Waals surface area (Å²) < 4.78 is 10.6. The topological polar surface area (TPSA) is 90.7 Å². The summed E-state index contributed by atoms with van der Waals surface area (Å²) in [4.78, 5) is 23.9. The number of carbonyl (C=O) groups excluding carboxylic acids is 2. The number of amides is 2. The Bertz CT molecular complexity index is 1180. The zero-order chi connectivity index (χ0) is 35.9. The van der Waals surface area contributed by atoms with E-state index in [0.717, 1.165) is 18.2 Å². The number of hydrogen-bond acceptors (Lipinski definition) is 4. The molecule has 0 aliphatic heterocycles. The summed E-state index contributed by atoms with van der Waals surface area (Å²) in [6, 6.07) is 10.8. The molecule has 2 aromatic carbocycles. The Morgan fingerprint density at radius 1 is 0.640 bits per heavy atom. The van der Waals surface area contributed by atoms with Gasteiger partial charge in [0.2, 0.25) is 0 Å². The highest BCUT2D eigenvalue weighted by Crippen LogP contribution is 2.36. The van der Waals surface area contributed by atoms with E-state index in [4.69, 9.17) is 15.2 Å². The van der Waals surface area contributed by atoms with E-state index in [0.29, 0.717) is 11.3 Å². The van der Waals surface area contributed by atoms with Gasteiger partial charge in [-0.3, -0.25) is 5.32 Å². The molecule has 0 bridgehead atoms. The fraction of sp³-hybridized carbons (Fsp3) is 0.682. The highest BCUT2D eigenvalue weighted by atomic mass is 16.6. The normalized spacial score (nSPS) is 12.0. The molecule has 1 atom stereocenters. The molecule has 2 rings (SSSR count). The molecule has 6 heteroatoms. The van der Waals surface area contributed by atoms with E-state index in [1.807, 2.05) is 24.3 Å². The lowest BCUT2D eigenvalue weighted by Crippen LogP contribution is -2.23. The summed E-state index contributed by atoms with van der Waals surface area (Å²) in [6.07, 6.45) is 39.3. The molecule has 6 nitrogen and oxygen atoms in total. The predicted octanol–water partition coefficient (Wildman–Crippen LogP) is 14.1. The number of rotatable bonds is 31. The van der Waals surface area contributed by atoms with Crippen LogP contribution in [-0.2, 0) is 0 Å². The van der Waals surface area contributed by atoms with Crippen molar-refractivity contribution in [2.45, 2.75) is 187 Å². The van der Waals surface area contributed by atoms with Crippen molar-refractivity contribution in [3.63, 3.8) is 0 Å². The van der Waals surface area contributed by atoms with Crippen LogP contribution in [0.25, 0.3) is 10.8 Å². The van der Waals surface area contributed by atoms with Crippen LogP contribution in [0.1, 0.15) is 187 Å². The number of fused-ring (bicyclic) bond motifs is 1. The lowest BCUT2D eigenvalue weighted by molar-refractivity contribution is 0.197. The molecule has 50 heavy (non-hydrogen) atoms. The van der Waals surface area contributed by atoms with Gasteiger partial charge in [0.15, 0.2) is 11.5 Å². The van der Waals surface area contributed by atoms with Crippen molar-refractivity contribution in [3.05, 3.63) is 48.7 Å². The van der Waals surface area contributed by atoms with E-state index in [-0.39, 0.29) is 11.5 Å². The number of hydrogen-bond donors (Lipinski definition) is 2. The van der Waals surface area contributed by atoms with Crippen LogP contribution in [0.2, 0.25) is 0 Å². The van der Waals surface area contributed by atoms with Gasteiger partial charge in [0, 0.05) is 11.6 Å². The van der Waals surface area contributed by atoms with Crippen molar-refractivity contribution in [3.8, 4) is 11.5 Å². The van der Waals surface area contributed by atoms with E-state index in [1.54, 1.807) is 24.4 Å². The number of primary amides is 1. The maximum atomic E-state index is 12.5. The summed E-state index contributed by atoms with van der Waals surface area (Å²) >= 11 is 0. The molecule has 1 unspecified atom stereocenters. The van der Waals surface area contributed by atoms with Gasteiger partial charge in [-0.1, -0.05) is 217 Å². The van der Waals surface area contributed by atoms with Gasteiger partial charge in [-0.15, -0.1) is 0 Å². The van der Waals surface area contributed by atoms with E-state index >= 15 is 0 Å². The number of ether oxygens (including phenoxy) is 2. The third kappa shape index (κ3) is 21.3. The monoisotopic (exact) mass is 693 g/mol. The van der Waals surface area contributed by atoms with E-state index in [9.17, 15) is 9.59 Å². The van der Waals surface area contributed by atoms with Crippen molar-refractivity contribution in [1.82, 2.24) is 5.32 Å². The van der Waals surface area contributed by atoms with Crippen molar-refractivity contribution in [2.24, 2.45) is 11.7 Å². The van der Waals surface area contributed by atoms with Crippen LogP contribution in [0.3, 0.4) is 0 Å². The van der Waals surface area contributed by atoms with Crippen LogP contribution in [-0.4, -0.2) is 12.2 Å². The Kier molecular flexibility index (Phi) is 25.6. The van der Waals surface area contributed by atoms with Crippen molar-refractivity contribution >= 4 is 23.0 Å².